The van der Waals surface area contributed by atoms with E-state index in [0.29, 0.717) is 23.4 Å². The topological polar surface area (TPSA) is 112 Å². The van der Waals surface area contributed by atoms with Crippen molar-refractivity contribution in [3.05, 3.63) is 23.9 Å². The van der Waals surface area contributed by atoms with E-state index in [9.17, 15) is 9.59 Å². The first-order chi connectivity index (χ1) is 9.06. The van der Waals surface area contributed by atoms with Gasteiger partial charge >= 0.3 is 5.97 Å². The predicted molar refractivity (Wildman–Crippen MR) is 71.0 cm³/mol. The fraction of sp³-hybridized carbons (Fsp3) is 0.250. The van der Waals surface area contributed by atoms with E-state index in [-0.39, 0.29) is 6.54 Å². The molecule has 0 amide bonds. The summed E-state index contributed by atoms with van der Waals surface area (Å²) in [5.41, 5.74) is 1.15. The zero-order chi connectivity index (χ0) is 14.3. The van der Waals surface area contributed by atoms with Crippen LogP contribution >= 0.6 is 0 Å². The van der Waals surface area contributed by atoms with Gasteiger partial charge < -0.3 is 25.6 Å². The maximum Gasteiger partial charge on any atom is 0.328 e. The number of anilines is 2. The summed E-state index contributed by atoms with van der Waals surface area (Å²) in [7, 11) is 1.68. The second-order valence-corrected chi connectivity index (χ2v) is 3.67. The van der Waals surface area contributed by atoms with Crippen LogP contribution in [0, 0.1) is 0 Å². The van der Waals surface area contributed by atoms with Gasteiger partial charge in [0.1, 0.15) is 18.2 Å². The number of aldehydes is 1. The average molecular weight is 265 g/mol. The highest BCUT2D eigenvalue weighted by atomic mass is 16.4. The van der Waals surface area contributed by atoms with E-state index in [1.807, 2.05) is 0 Å². The van der Waals surface area contributed by atoms with E-state index in [1.54, 1.807) is 13.1 Å². The zero-order valence-electron chi connectivity index (χ0n) is 10.3. The molecule has 0 fully saturated rings. The molecule has 1 aromatic rings. The first-order valence-electron chi connectivity index (χ1n) is 5.53. The molecule has 0 aliphatic carbocycles. The number of carboxylic acids is 1. The third kappa shape index (κ3) is 4.76. The van der Waals surface area contributed by atoms with Crippen molar-refractivity contribution in [1.29, 1.82) is 0 Å². The van der Waals surface area contributed by atoms with E-state index < -0.39 is 12.1 Å². The molecule has 1 rings (SSSR count). The second-order valence-electron chi connectivity index (χ2n) is 3.67. The van der Waals surface area contributed by atoms with Crippen LogP contribution < -0.4 is 10.6 Å². The van der Waals surface area contributed by atoms with E-state index in [2.05, 4.69) is 15.6 Å². The number of aliphatic carboxylic acids is 1. The molecule has 1 unspecified atom stereocenters. The maximum atomic E-state index is 10.4. The molecule has 0 radical (unpaired) electrons. The van der Waals surface area contributed by atoms with Crippen molar-refractivity contribution in [3.8, 4) is 0 Å². The number of aliphatic hydroxyl groups is 1. The van der Waals surface area contributed by atoms with E-state index in [1.165, 1.54) is 12.3 Å². The van der Waals surface area contributed by atoms with Crippen molar-refractivity contribution < 1.29 is 19.8 Å². The molecule has 0 saturated heterocycles. The third-order valence-corrected chi connectivity index (χ3v) is 2.22. The molecule has 7 nitrogen and oxygen atoms in total. The Kier molecular flexibility index (Phi) is 5.49. The lowest BCUT2D eigenvalue weighted by Crippen LogP contribution is -2.21. The molecule has 1 heterocycles. The minimum absolute atomic E-state index is 0.0476. The van der Waals surface area contributed by atoms with E-state index >= 15 is 0 Å². The van der Waals surface area contributed by atoms with Gasteiger partial charge in [-0.15, -0.1) is 0 Å². The molecular formula is C12H15N3O4. The van der Waals surface area contributed by atoms with Crippen molar-refractivity contribution >= 4 is 29.8 Å². The summed E-state index contributed by atoms with van der Waals surface area (Å²) in [5, 5.41) is 23.4. The molecule has 1 aromatic heterocycles. The van der Waals surface area contributed by atoms with Gasteiger partial charge in [-0.1, -0.05) is 0 Å². The Morgan fingerprint density at radius 3 is 2.89 bits per heavy atom. The summed E-state index contributed by atoms with van der Waals surface area (Å²) in [6.45, 7) is 0.0476. The van der Waals surface area contributed by atoms with Crippen LogP contribution in [0.3, 0.4) is 0 Å². The van der Waals surface area contributed by atoms with Crippen LogP contribution in [0.4, 0.5) is 11.5 Å². The highest BCUT2D eigenvalue weighted by Crippen LogP contribution is 2.20. The first-order valence-corrected chi connectivity index (χ1v) is 5.53. The number of pyridine rings is 1. The van der Waals surface area contributed by atoms with Gasteiger partial charge in [-0.05, 0) is 17.7 Å². The molecule has 7 heteroatoms. The Hall–Kier alpha value is -2.41. The van der Waals surface area contributed by atoms with Crippen molar-refractivity contribution in [3.63, 3.8) is 0 Å². The average Bonchev–Trinajstić information content (AvgIpc) is 2.42. The van der Waals surface area contributed by atoms with Gasteiger partial charge in [0.2, 0.25) is 0 Å². The Morgan fingerprint density at radius 2 is 2.32 bits per heavy atom. The van der Waals surface area contributed by atoms with Crippen molar-refractivity contribution in [2.75, 3.05) is 24.2 Å². The van der Waals surface area contributed by atoms with Gasteiger partial charge in [-0.2, -0.15) is 0 Å². The normalized spacial score (nSPS) is 12.1. The number of aliphatic hydroxyl groups excluding tert-OH is 1. The third-order valence-electron chi connectivity index (χ3n) is 2.22. The van der Waals surface area contributed by atoms with Crippen LogP contribution in [0.25, 0.3) is 6.08 Å². The SMILES string of the molecule is CNc1ncc(/C=C/C(=O)O)cc1NCC(O)C=O. The van der Waals surface area contributed by atoms with Gasteiger partial charge in [0.05, 0.1) is 5.69 Å². The molecule has 0 saturated carbocycles. The van der Waals surface area contributed by atoms with Crippen LogP contribution in [0.15, 0.2) is 18.3 Å². The lowest BCUT2D eigenvalue weighted by Gasteiger charge is -2.12. The van der Waals surface area contributed by atoms with Gasteiger partial charge in [0, 0.05) is 25.9 Å². The van der Waals surface area contributed by atoms with Crippen LogP contribution in [-0.4, -0.2) is 47.1 Å². The lowest BCUT2D eigenvalue weighted by molar-refractivity contribution is -0.131. The van der Waals surface area contributed by atoms with Gasteiger partial charge in [0.15, 0.2) is 0 Å². The number of nitrogens with one attached hydrogen (secondary N) is 2. The van der Waals surface area contributed by atoms with E-state index in [4.69, 9.17) is 10.2 Å². The van der Waals surface area contributed by atoms with Crippen LogP contribution in [0.1, 0.15) is 5.56 Å². The number of carbonyl (C=O) groups is 2. The van der Waals surface area contributed by atoms with Gasteiger partial charge in [0.25, 0.3) is 0 Å². The molecule has 4 N–H and O–H groups in total. The summed E-state index contributed by atoms with van der Waals surface area (Å²) in [6, 6.07) is 1.66. The highest BCUT2D eigenvalue weighted by molar-refractivity contribution is 5.85. The quantitative estimate of drug-likeness (QED) is 0.411. The fourth-order valence-corrected chi connectivity index (χ4v) is 1.34. The minimum atomic E-state index is -1.11. The molecule has 0 aromatic carbocycles. The molecule has 19 heavy (non-hydrogen) atoms. The summed E-state index contributed by atoms with van der Waals surface area (Å²) in [5.74, 6) is -0.519. The Morgan fingerprint density at radius 1 is 1.58 bits per heavy atom. The number of carbonyl (C=O) groups excluding carboxylic acids is 1. The summed E-state index contributed by atoms with van der Waals surface area (Å²) >= 11 is 0. The molecule has 1 atom stereocenters. The molecular weight excluding hydrogens is 250 g/mol. The first kappa shape index (κ1) is 14.7. The maximum absolute atomic E-state index is 10.4. The molecule has 0 aliphatic heterocycles. The number of rotatable bonds is 7. The highest BCUT2D eigenvalue weighted by Gasteiger charge is 2.06. The zero-order valence-corrected chi connectivity index (χ0v) is 10.3. The number of hydrogen-bond donors (Lipinski definition) is 4. The van der Waals surface area contributed by atoms with Crippen molar-refractivity contribution in [2.24, 2.45) is 0 Å². The molecule has 0 aliphatic rings. The Labute approximate surface area is 110 Å². The fourth-order valence-electron chi connectivity index (χ4n) is 1.34. The Balaban J connectivity index is 2.89. The Bertz CT molecular complexity index is 488. The van der Waals surface area contributed by atoms with E-state index in [0.717, 1.165) is 6.08 Å². The largest absolute Gasteiger partial charge is 0.478 e. The smallest absolute Gasteiger partial charge is 0.328 e. The molecule has 102 valence electrons. The minimum Gasteiger partial charge on any atom is -0.478 e. The number of aromatic nitrogens is 1. The summed E-state index contributed by atoms with van der Waals surface area (Å²) < 4.78 is 0. The van der Waals surface area contributed by atoms with Crippen LogP contribution in [0.2, 0.25) is 0 Å². The predicted octanol–water partition coefficient (Wildman–Crippen LogP) is 0.193. The number of nitrogens with zero attached hydrogens (tertiary/aromatic N) is 1. The van der Waals surface area contributed by atoms with Gasteiger partial charge in [-0.3, -0.25) is 0 Å². The molecule has 0 bridgehead atoms. The second kappa shape index (κ2) is 7.12. The van der Waals surface area contributed by atoms with Crippen molar-refractivity contribution in [2.45, 2.75) is 6.10 Å². The summed E-state index contributed by atoms with van der Waals surface area (Å²) in [6.07, 6.45) is 3.22. The number of hydrogen-bond acceptors (Lipinski definition) is 6. The summed E-state index contributed by atoms with van der Waals surface area (Å²) in [4.78, 5) is 24.8. The van der Waals surface area contributed by atoms with Crippen LogP contribution in [0.5, 0.6) is 0 Å². The van der Waals surface area contributed by atoms with Gasteiger partial charge in [-0.25, -0.2) is 9.78 Å². The number of carboxylic acid groups (broad SMARTS) is 1. The monoisotopic (exact) mass is 265 g/mol. The van der Waals surface area contributed by atoms with Crippen LogP contribution in [-0.2, 0) is 9.59 Å². The molecule has 0 spiro atoms. The lowest BCUT2D eigenvalue weighted by atomic mass is 10.2. The van der Waals surface area contributed by atoms with Crippen molar-refractivity contribution in [1.82, 2.24) is 4.98 Å². The standard InChI is InChI=1S/C12H15N3O4/c1-13-12-10(14-6-9(17)7-16)4-8(5-15-12)2-3-11(18)19/h2-5,7,9,14,17H,6H2,1H3,(H,13,15)(H,18,19)/b3-2+.